The lowest BCUT2D eigenvalue weighted by atomic mass is 10.0. The van der Waals surface area contributed by atoms with Crippen molar-refractivity contribution in [2.75, 3.05) is 13.7 Å². The quantitative estimate of drug-likeness (QED) is 0.811. The molecule has 0 aliphatic rings. The monoisotopic (exact) mass is 374 g/mol. The van der Waals surface area contributed by atoms with E-state index in [0.29, 0.717) is 0 Å². The van der Waals surface area contributed by atoms with Gasteiger partial charge in [-0.25, -0.2) is 0 Å². The minimum absolute atomic E-state index is 0.527. The second-order valence-electron chi connectivity index (χ2n) is 4.07. The van der Waals surface area contributed by atoms with Gasteiger partial charge in [0, 0.05) is 7.11 Å². The molecule has 1 unspecified atom stereocenters. The summed E-state index contributed by atoms with van der Waals surface area (Å²) in [5.74, 6) is 0. The van der Waals surface area contributed by atoms with E-state index in [1.165, 1.54) is 8.45 Å². The third kappa shape index (κ3) is 3.54. The Hall–Kier alpha value is -0.430. The van der Waals surface area contributed by atoms with Gasteiger partial charge in [-0.15, -0.1) is 11.3 Å². The molecule has 0 saturated carbocycles. The number of rotatable bonds is 5. The molecular weight excluding hydrogens is 359 g/mol. The number of hydrogen-bond donors (Lipinski definition) is 1. The lowest BCUT2D eigenvalue weighted by molar-refractivity contribution is 0.202. The van der Waals surface area contributed by atoms with Gasteiger partial charge in [0.1, 0.15) is 6.10 Å². The highest BCUT2D eigenvalue weighted by Gasteiger charge is 2.11. The molecule has 0 amide bonds. The molecular formula is C14H15IO2S. The summed E-state index contributed by atoms with van der Waals surface area (Å²) < 4.78 is 6.24. The molecule has 1 atom stereocenters. The Labute approximate surface area is 125 Å². The summed E-state index contributed by atoms with van der Waals surface area (Å²) in [7, 11) is 1.70. The van der Waals surface area contributed by atoms with E-state index in [1.807, 2.05) is 23.6 Å². The fraction of sp³-hybridized carbons (Fsp3) is 0.286. The Morgan fingerprint density at radius 2 is 2.00 bits per heavy atom. The van der Waals surface area contributed by atoms with Crippen LogP contribution in [-0.4, -0.2) is 18.8 Å². The predicted molar refractivity (Wildman–Crippen MR) is 83.1 cm³/mol. The van der Waals surface area contributed by atoms with Crippen molar-refractivity contribution in [3.05, 3.63) is 55.3 Å². The van der Waals surface area contributed by atoms with Gasteiger partial charge in [-0.3, -0.25) is 0 Å². The number of benzene rings is 1. The van der Waals surface area contributed by atoms with Crippen molar-refractivity contribution in [3.63, 3.8) is 0 Å². The Morgan fingerprint density at radius 1 is 1.28 bits per heavy atom. The topological polar surface area (TPSA) is 29.5 Å². The summed E-state index contributed by atoms with van der Waals surface area (Å²) >= 11 is 3.92. The van der Waals surface area contributed by atoms with Crippen molar-refractivity contribution in [1.82, 2.24) is 0 Å². The highest BCUT2D eigenvalue weighted by Crippen LogP contribution is 2.27. The molecule has 0 saturated heterocycles. The second-order valence-corrected chi connectivity index (χ2v) is 6.88. The highest BCUT2D eigenvalue weighted by molar-refractivity contribution is 14.1. The standard InChI is InChI=1S/C14H15IO2S/c1-17-7-6-10-2-4-11(5-3-10)14(16)12-8-13(15)18-9-12/h2-5,8-9,14,16H,6-7H2,1H3. The van der Waals surface area contributed by atoms with E-state index in [-0.39, 0.29) is 0 Å². The molecule has 0 aliphatic heterocycles. The van der Waals surface area contributed by atoms with Gasteiger partial charge >= 0.3 is 0 Å². The van der Waals surface area contributed by atoms with Crippen molar-refractivity contribution < 1.29 is 9.84 Å². The van der Waals surface area contributed by atoms with Crippen LogP contribution >= 0.6 is 33.9 Å². The number of halogens is 1. The van der Waals surface area contributed by atoms with Crippen LogP contribution in [0.5, 0.6) is 0 Å². The Kier molecular flexibility index (Phi) is 5.17. The smallest absolute Gasteiger partial charge is 0.105 e. The lowest BCUT2D eigenvalue weighted by Gasteiger charge is -2.10. The van der Waals surface area contributed by atoms with Crippen LogP contribution in [0.2, 0.25) is 0 Å². The molecule has 0 radical (unpaired) electrons. The van der Waals surface area contributed by atoms with Gasteiger partial charge in [0.2, 0.25) is 0 Å². The zero-order valence-electron chi connectivity index (χ0n) is 10.1. The highest BCUT2D eigenvalue weighted by atomic mass is 127. The van der Waals surface area contributed by atoms with Crippen LogP contribution in [-0.2, 0) is 11.2 Å². The molecule has 1 N–H and O–H groups in total. The van der Waals surface area contributed by atoms with E-state index in [2.05, 4.69) is 34.7 Å². The molecule has 1 aromatic carbocycles. The number of thiophene rings is 1. The number of methoxy groups -OCH3 is 1. The Morgan fingerprint density at radius 3 is 2.56 bits per heavy atom. The summed E-state index contributed by atoms with van der Waals surface area (Å²) in [5, 5.41) is 12.3. The zero-order chi connectivity index (χ0) is 13.0. The van der Waals surface area contributed by atoms with Crippen LogP contribution in [0, 0.1) is 2.88 Å². The van der Waals surface area contributed by atoms with Crippen LogP contribution in [0.1, 0.15) is 22.8 Å². The fourth-order valence-corrected chi connectivity index (χ4v) is 3.14. The SMILES string of the molecule is COCCc1ccc(C(O)c2csc(I)c2)cc1. The molecule has 1 heterocycles. The molecule has 0 fully saturated rings. The van der Waals surface area contributed by atoms with Crippen LogP contribution < -0.4 is 0 Å². The first-order valence-electron chi connectivity index (χ1n) is 5.70. The van der Waals surface area contributed by atoms with Crippen LogP contribution in [0.15, 0.2) is 35.7 Å². The van der Waals surface area contributed by atoms with E-state index in [4.69, 9.17) is 4.74 Å². The molecule has 1 aromatic heterocycles. The second kappa shape index (κ2) is 6.65. The minimum Gasteiger partial charge on any atom is -0.384 e. The number of aliphatic hydroxyl groups excluding tert-OH is 1. The maximum atomic E-state index is 10.3. The van der Waals surface area contributed by atoms with E-state index in [0.717, 1.165) is 24.2 Å². The van der Waals surface area contributed by atoms with E-state index in [9.17, 15) is 5.11 Å². The van der Waals surface area contributed by atoms with Gasteiger partial charge in [0.15, 0.2) is 0 Å². The van der Waals surface area contributed by atoms with Crippen molar-refractivity contribution in [2.45, 2.75) is 12.5 Å². The van der Waals surface area contributed by atoms with Gasteiger partial charge in [-0.1, -0.05) is 24.3 Å². The molecule has 0 bridgehead atoms. The van der Waals surface area contributed by atoms with Gasteiger partial charge < -0.3 is 9.84 Å². The van der Waals surface area contributed by atoms with Crippen molar-refractivity contribution in [1.29, 1.82) is 0 Å². The van der Waals surface area contributed by atoms with Crippen LogP contribution in [0.25, 0.3) is 0 Å². The van der Waals surface area contributed by atoms with Gasteiger partial charge in [-0.2, -0.15) is 0 Å². The lowest BCUT2D eigenvalue weighted by Crippen LogP contribution is -1.99. The summed E-state index contributed by atoms with van der Waals surface area (Å²) in [6.45, 7) is 0.727. The molecule has 2 rings (SSSR count). The van der Waals surface area contributed by atoms with Crippen molar-refractivity contribution in [3.8, 4) is 0 Å². The van der Waals surface area contributed by atoms with Crippen LogP contribution in [0.3, 0.4) is 0 Å². The third-order valence-electron chi connectivity index (χ3n) is 2.79. The van der Waals surface area contributed by atoms with Crippen molar-refractivity contribution in [2.24, 2.45) is 0 Å². The molecule has 4 heteroatoms. The van der Waals surface area contributed by atoms with Gasteiger partial charge in [0.25, 0.3) is 0 Å². The van der Waals surface area contributed by atoms with Gasteiger partial charge in [0.05, 0.1) is 9.49 Å². The predicted octanol–water partition coefficient (Wildman–Crippen LogP) is 3.62. The van der Waals surface area contributed by atoms with E-state index in [1.54, 1.807) is 18.4 Å². The zero-order valence-corrected chi connectivity index (χ0v) is 13.1. The fourth-order valence-electron chi connectivity index (χ4n) is 1.75. The summed E-state index contributed by atoms with van der Waals surface area (Å²) in [5.41, 5.74) is 3.13. The summed E-state index contributed by atoms with van der Waals surface area (Å²) in [6.07, 6.45) is 0.379. The maximum Gasteiger partial charge on any atom is 0.105 e. The number of hydrogen-bond acceptors (Lipinski definition) is 3. The van der Waals surface area contributed by atoms with E-state index >= 15 is 0 Å². The molecule has 0 aliphatic carbocycles. The summed E-state index contributed by atoms with van der Waals surface area (Å²) in [4.78, 5) is 0. The molecule has 0 spiro atoms. The molecule has 2 nitrogen and oxygen atoms in total. The van der Waals surface area contributed by atoms with Crippen molar-refractivity contribution >= 4 is 33.9 Å². The normalized spacial score (nSPS) is 12.6. The maximum absolute atomic E-state index is 10.3. The Bertz CT molecular complexity index is 493. The first-order valence-corrected chi connectivity index (χ1v) is 7.66. The van der Waals surface area contributed by atoms with E-state index < -0.39 is 6.10 Å². The van der Waals surface area contributed by atoms with Crippen LogP contribution in [0.4, 0.5) is 0 Å². The Balaban J connectivity index is 2.09. The average Bonchev–Trinajstić information content (AvgIpc) is 2.83. The number of aliphatic hydroxyl groups is 1. The largest absolute Gasteiger partial charge is 0.384 e. The first-order chi connectivity index (χ1) is 8.70. The molecule has 96 valence electrons. The average molecular weight is 374 g/mol. The molecule has 2 aromatic rings. The number of ether oxygens (including phenoxy) is 1. The minimum atomic E-state index is -0.527. The summed E-state index contributed by atoms with van der Waals surface area (Å²) in [6, 6.07) is 10.1. The molecule has 18 heavy (non-hydrogen) atoms. The third-order valence-corrected chi connectivity index (χ3v) is 4.60. The first kappa shape index (κ1) is 14.0. The van der Waals surface area contributed by atoms with Gasteiger partial charge in [-0.05, 0) is 57.1 Å².